The number of nitrogens with two attached hydrogens (primary N) is 1. The van der Waals surface area contributed by atoms with Crippen LogP contribution in [0.1, 0.15) is 20.3 Å². The fourth-order valence-corrected chi connectivity index (χ4v) is 1.69. The van der Waals surface area contributed by atoms with Crippen molar-refractivity contribution >= 4 is 23.0 Å². The number of rotatable bonds is 4. The van der Waals surface area contributed by atoms with Crippen molar-refractivity contribution in [1.29, 1.82) is 0 Å². The van der Waals surface area contributed by atoms with E-state index >= 15 is 0 Å². The van der Waals surface area contributed by atoms with E-state index in [9.17, 15) is 0 Å². The Bertz CT molecular complexity index is 299. The van der Waals surface area contributed by atoms with Crippen molar-refractivity contribution in [2.75, 3.05) is 23.7 Å². The zero-order valence-corrected chi connectivity index (χ0v) is 9.51. The van der Waals surface area contributed by atoms with Gasteiger partial charge in [0.15, 0.2) is 0 Å². The number of hydrogen-bond acceptors (Lipinski definition) is 2. The van der Waals surface area contributed by atoms with Gasteiger partial charge in [0, 0.05) is 13.1 Å². The Balaban J connectivity index is 2.97. The van der Waals surface area contributed by atoms with Gasteiger partial charge in [0.25, 0.3) is 0 Å². The van der Waals surface area contributed by atoms with Crippen LogP contribution >= 0.6 is 11.6 Å². The first-order valence-electron chi connectivity index (χ1n) is 4.99. The molecule has 0 amide bonds. The maximum Gasteiger partial charge on any atom is 0.0741 e. The van der Waals surface area contributed by atoms with Gasteiger partial charge >= 0.3 is 0 Å². The average Bonchev–Trinajstić information content (AvgIpc) is 2.19. The molecule has 0 aliphatic carbocycles. The molecule has 1 rings (SSSR count). The van der Waals surface area contributed by atoms with Crippen molar-refractivity contribution in [1.82, 2.24) is 0 Å². The van der Waals surface area contributed by atoms with Crippen molar-refractivity contribution in [2.24, 2.45) is 0 Å². The third-order valence-electron chi connectivity index (χ3n) is 2.25. The van der Waals surface area contributed by atoms with E-state index in [1.807, 2.05) is 18.2 Å². The molecule has 0 aliphatic rings. The van der Waals surface area contributed by atoms with E-state index < -0.39 is 0 Å². The second kappa shape index (κ2) is 5.11. The van der Waals surface area contributed by atoms with E-state index in [2.05, 4.69) is 18.7 Å². The fraction of sp³-hybridized carbons (Fsp3) is 0.455. The first-order valence-corrected chi connectivity index (χ1v) is 5.37. The van der Waals surface area contributed by atoms with Crippen LogP contribution in [0.5, 0.6) is 0 Å². The van der Waals surface area contributed by atoms with Crippen LogP contribution in [0.15, 0.2) is 18.2 Å². The van der Waals surface area contributed by atoms with Gasteiger partial charge in [0.1, 0.15) is 0 Å². The molecule has 1 aromatic carbocycles. The summed E-state index contributed by atoms with van der Waals surface area (Å²) < 4.78 is 0. The number of para-hydroxylation sites is 1. The molecule has 2 nitrogen and oxygen atoms in total. The van der Waals surface area contributed by atoms with E-state index in [1.165, 1.54) is 0 Å². The summed E-state index contributed by atoms with van der Waals surface area (Å²) in [6.07, 6.45) is 1.11. The lowest BCUT2D eigenvalue weighted by Gasteiger charge is -2.24. The zero-order chi connectivity index (χ0) is 10.6. The molecule has 0 unspecified atom stereocenters. The van der Waals surface area contributed by atoms with Gasteiger partial charge in [-0.1, -0.05) is 24.6 Å². The van der Waals surface area contributed by atoms with Gasteiger partial charge in [-0.3, -0.25) is 0 Å². The molecule has 0 saturated carbocycles. The first kappa shape index (κ1) is 11.2. The molecule has 14 heavy (non-hydrogen) atoms. The maximum atomic E-state index is 5.96. The molecule has 3 heteroatoms. The normalized spacial score (nSPS) is 10.2. The van der Waals surface area contributed by atoms with Crippen LogP contribution in [0.4, 0.5) is 11.4 Å². The third-order valence-corrected chi connectivity index (χ3v) is 2.58. The van der Waals surface area contributed by atoms with Crippen molar-refractivity contribution in [2.45, 2.75) is 20.3 Å². The molecule has 0 fully saturated rings. The van der Waals surface area contributed by atoms with Crippen LogP contribution in [0.2, 0.25) is 5.02 Å². The number of nitrogen functional groups attached to an aromatic ring is 1. The van der Waals surface area contributed by atoms with Gasteiger partial charge in [-0.05, 0) is 25.5 Å². The lowest BCUT2D eigenvalue weighted by atomic mass is 10.2. The Morgan fingerprint density at radius 2 is 2.07 bits per heavy atom. The Morgan fingerprint density at radius 1 is 1.36 bits per heavy atom. The number of benzene rings is 1. The van der Waals surface area contributed by atoms with E-state index in [-0.39, 0.29) is 0 Å². The van der Waals surface area contributed by atoms with Crippen LogP contribution in [0.3, 0.4) is 0 Å². The van der Waals surface area contributed by atoms with Gasteiger partial charge in [-0.25, -0.2) is 0 Å². The Hall–Kier alpha value is -0.890. The standard InChI is InChI=1S/C11H17ClN2/c1-3-8-14(4-2)10-7-5-6-9(12)11(10)13/h5-7H,3-4,8,13H2,1-2H3. The lowest BCUT2D eigenvalue weighted by molar-refractivity contribution is 0.793. The Labute approximate surface area is 90.7 Å². The summed E-state index contributed by atoms with van der Waals surface area (Å²) in [5.74, 6) is 0. The highest BCUT2D eigenvalue weighted by molar-refractivity contribution is 6.33. The smallest absolute Gasteiger partial charge is 0.0741 e. The summed E-state index contributed by atoms with van der Waals surface area (Å²) in [6.45, 7) is 6.25. The predicted molar refractivity (Wildman–Crippen MR) is 64.0 cm³/mol. The molecule has 78 valence electrons. The van der Waals surface area contributed by atoms with E-state index in [4.69, 9.17) is 17.3 Å². The zero-order valence-electron chi connectivity index (χ0n) is 8.76. The van der Waals surface area contributed by atoms with E-state index in [0.29, 0.717) is 10.7 Å². The second-order valence-corrected chi connectivity index (χ2v) is 3.66. The van der Waals surface area contributed by atoms with Crippen LogP contribution in [0.25, 0.3) is 0 Å². The van der Waals surface area contributed by atoms with Gasteiger partial charge in [-0.15, -0.1) is 0 Å². The summed E-state index contributed by atoms with van der Waals surface area (Å²) in [5.41, 5.74) is 7.64. The molecule has 1 aromatic rings. The third kappa shape index (κ3) is 2.32. The minimum absolute atomic E-state index is 0.636. The molecular formula is C11H17ClN2. The van der Waals surface area contributed by atoms with Crippen LogP contribution in [-0.4, -0.2) is 13.1 Å². The highest BCUT2D eigenvalue weighted by atomic mass is 35.5. The summed E-state index contributed by atoms with van der Waals surface area (Å²) in [5, 5.41) is 0.636. The van der Waals surface area contributed by atoms with Gasteiger partial charge < -0.3 is 10.6 Å². The largest absolute Gasteiger partial charge is 0.396 e. The second-order valence-electron chi connectivity index (χ2n) is 3.25. The van der Waals surface area contributed by atoms with Crippen LogP contribution in [-0.2, 0) is 0 Å². The summed E-state index contributed by atoms with van der Waals surface area (Å²) in [6, 6.07) is 5.77. The highest BCUT2D eigenvalue weighted by Gasteiger charge is 2.08. The molecule has 0 atom stereocenters. The molecule has 0 saturated heterocycles. The lowest BCUT2D eigenvalue weighted by Crippen LogP contribution is -2.24. The molecule has 0 bridgehead atoms. The summed E-state index contributed by atoms with van der Waals surface area (Å²) >= 11 is 5.96. The molecule has 0 aliphatic heterocycles. The number of anilines is 2. The van der Waals surface area contributed by atoms with Gasteiger partial charge in [0.05, 0.1) is 16.4 Å². The van der Waals surface area contributed by atoms with Crippen molar-refractivity contribution in [3.8, 4) is 0 Å². The van der Waals surface area contributed by atoms with Crippen LogP contribution in [0, 0.1) is 0 Å². The topological polar surface area (TPSA) is 29.3 Å². The van der Waals surface area contributed by atoms with Crippen LogP contribution < -0.4 is 10.6 Å². The predicted octanol–water partition coefficient (Wildman–Crippen LogP) is 3.16. The molecule has 0 spiro atoms. The quantitative estimate of drug-likeness (QED) is 0.777. The Kier molecular flexibility index (Phi) is 4.08. The van der Waals surface area contributed by atoms with E-state index in [1.54, 1.807) is 0 Å². The maximum absolute atomic E-state index is 5.96. The minimum Gasteiger partial charge on any atom is -0.396 e. The van der Waals surface area contributed by atoms with E-state index in [0.717, 1.165) is 25.2 Å². The van der Waals surface area contributed by atoms with Gasteiger partial charge in [-0.2, -0.15) is 0 Å². The summed E-state index contributed by atoms with van der Waals surface area (Å²) in [7, 11) is 0. The van der Waals surface area contributed by atoms with Gasteiger partial charge in [0.2, 0.25) is 0 Å². The van der Waals surface area contributed by atoms with Crippen molar-refractivity contribution in [3.05, 3.63) is 23.2 Å². The monoisotopic (exact) mass is 212 g/mol. The number of halogens is 1. The Morgan fingerprint density at radius 3 is 2.64 bits per heavy atom. The molecule has 0 radical (unpaired) electrons. The van der Waals surface area contributed by atoms with Crippen molar-refractivity contribution < 1.29 is 0 Å². The molecule has 0 heterocycles. The molecular weight excluding hydrogens is 196 g/mol. The fourth-order valence-electron chi connectivity index (χ4n) is 1.52. The first-order chi connectivity index (χ1) is 6.70. The molecule has 2 N–H and O–H groups in total. The SMILES string of the molecule is CCCN(CC)c1cccc(Cl)c1N. The van der Waals surface area contributed by atoms with Crippen molar-refractivity contribution in [3.63, 3.8) is 0 Å². The number of nitrogens with zero attached hydrogens (tertiary/aromatic N) is 1. The molecule has 0 aromatic heterocycles. The average molecular weight is 213 g/mol. The highest BCUT2D eigenvalue weighted by Crippen LogP contribution is 2.29. The summed E-state index contributed by atoms with van der Waals surface area (Å²) in [4.78, 5) is 2.24. The number of hydrogen-bond donors (Lipinski definition) is 1. The minimum atomic E-state index is 0.636.